The van der Waals surface area contributed by atoms with E-state index in [1.165, 1.54) is 15.6 Å². The van der Waals surface area contributed by atoms with E-state index in [-0.39, 0.29) is 18.1 Å². The molecule has 0 atom stereocenters. The first-order chi connectivity index (χ1) is 15.5. The lowest BCUT2D eigenvalue weighted by atomic mass is 10.2. The number of ether oxygens (including phenoxy) is 1. The maximum absolute atomic E-state index is 12.6. The van der Waals surface area contributed by atoms with Gasteiger partial charge in [0.1, 0.15) is 5.60 Å². The molecule has 33 heavy (non-hydrogen) atoms. The number of benzene rings is 1. The highest BCUT2D eigenvalue weighted by Gasteiger charge is 2.29. The summed E-state index contributed by atoms with van der Waals surface area (Å²) >= 11 is 1.18. The zero-order chi connectivity index (χ0) is 23.8. The van der Waals surface area contributed by atoms with E-state index in [9.17, 15) is 18.0 Å². The molecule has 11 nitrogen and oxygen atoms in total. The molecule has 0 aliphatic carbocycles. The average Bonchev–Trinajstić information content (AvgIpc) is 3.39. The number of sulfonamides is 1. The minimum absolute atomic E-state index is 0.0267. The number of hydrogen-bond acceptors (Lipinski definition) is 8. The number of amides is 2. The Morgan fingerprint density at radius 2 is 2.06 bits per heavy atom. The quantitative estimate of drug-likeness (QED) is 0.496. The molecule has 0 unspecified atom stereocenters. The van der Waals surface area contributed by atoms with Crippen molar-refractivity contribution in [2.45, 2.75) is 39.2 Å². The van der Waals surface area contributed by atoms with Gasteiger partial charge in [0.25, 0.3) is 0 Å². The van der Waals surface area contributed by atoms with E-state index in [1.54, 1.807) is 44.4 Å². The molecule has 0 spiro atoms. The van der Waals surface area contributed by atoms with Crippen molar-refractivity contribution in [1.82, 2.24) is 15.2 Å². The highest BCUT2D eigenvalue weighted by molar-refractivity contribution is 7.93. The van der Waals surface area contributed by atoms with Gasteiger partial charge in [0.15, 0.2) is 10.9 Å². The van der Waals surface area contributed by atoms with Gasteiger partial charge in [0.05, 0.1) is 29.1 Å². The van der Waals surface area contributed by atoms with Crippen molar-refractivity contribution in [3.63, 3.8) is 0 Å². The number of carbonyl (C=O) groups excluding carboxylic acids is 2. The summed E-state index contributed by atoms with van der Waals surface area (Å²) in [7, 11) is -3.32. The van der Waals surface area contributed by atoms with E-state index in [1.807, 2.05) is 0 Å². The summed E-state index contributed by atoms with van der Waals surface area (Å²) in [5.74, 6) is 0.0748. The van der Waals surface area contributed by atoms with Crippen LogP contribution in [0.1, 0.15) is 32.9 Å². The molecule has 0 bridgehead atoms. The summed E-state index contributed by atoms with van der Waals surface area (Å²) in [6.07, 6.45) is -0.0684. The lowest BCUT2D eigenvalue weighted by Gasteiger charge is -2.18. The van der Waals surface area contributed by atoms with Crippen molar-refractivity contribution >= 4 is 60.9 Å². The SMILES string of the molecule is CC(C)(C)OC(=O)Nc1nc(CC(=O)Nc2n[nH]c3ccc(N4CCCS4(=O)=O)cc23)cs1. The van der Waals surface area contributed by atoms with Gasteiger partial charge in [-0.1, -0.05) is 0 Å². The molecule has 2 aromatic heterocycles. The summed E-state index contributed by atoms with van der Waals surface area (Å²) in [5.41, 5.74) is 1.06. The van der Waals surface area contributed by atoms with Crippen LogP contribution in [0, 0.1) is 0 Å². The van der Waals surface area contributed by atoms with Crippen LogP contribution in [0.25, 0.3) is 10.9 Å². The predicted octanol–water partition coefficient (Wildman–Crippen LogP) is 3.09. The average molecular weight is 493 g/mol. The molecule has 1 fully saturated rings. The molecule has 176 valence electrons. The van der Waals surface area contributed by atoms with Gasteiger partial charge < -0.3 is 10.1 Å². The van der Waals surface area contributed by atoms with Crippen LogP contribution < -0.4 is 14.9 Å². The molecular weight excluding hydrogens is 468 g/mol. The second kappa shape index (κ2) is 8.63. The molecule has 4 rings (SSSR count). The van der Waals surface area contributed by atoms with Crippen LogP contribution in [0.5, 0.6) is 0 Å². The van der Waals surface area contributed by atoms with Crippen molar-refractivity contribution in [2.24, 2.45) is 0 Å². The van der Waals surface area contributed by atoms with E-state index in [2.05, 4.69) is 25.8 Å². The predicted molar refractivity (Wildman–Crippen MR) is 126 cm³/mol. The fourth-order valence-electron chi connectivity index (χ4n) is 3.36. The van der Waals surface area contributed by atoms with Crippen LogP contribution in [0.3, 0.4) is 0 Å². The van der Waals surface area contributed by atoms with Crippen LogP contribution in [0.15, 0.2) is 23.6 Å². The van der Waals surface area contributed by atoms with Gasteiger partial charge in [-0.25, -0.2) is 18.2 Å². The Balaban J connectivity index is 1.43. The van der Waals surface area contributed by atoms with Crippen LogP contribution in [0.2, 0.25) is 0 Å². The van der Waals surface area contributed by atoms with E-state index in [0.29, 0.717) is 46.2 Å². The molecule has 1 aliphatic rings. The Morgan fingerprint density at radius 3 is 2.76 bits per heavy atom. The van der Waals surface area contributed by atoms with Crippen molar-refractivity contribution in [1.29, 1.82) is 0 Å². The normalized spacial score (nSPS) is 15.5. The summed E-state index contributed by atoms with van der Waals surface area (Å²) in [5, 5.41) is 14.9. The molecular formula is C20H24N6O5S2. The fraction of sp³-hybridized carbons (Fsp3) is 0.400. The first-order valence-electron chi connectivity index (χ1n) is 10.2. The van der Waals surface area contributed by atoms with Gasteiger partial charge in [-0.2, -0.15) is 5.10 Å². The Kier molecular flexibility index (Phi) is 6.01. The largest absolute Gasteiger partial charge is 0.444 e. The van der Waals surface area contributed by atoms with Gasteiger partial charge in [-0.15, -0.1) is 11.3 Å². The minimum atomic E-state index is -3.32. The van der Waals surface area contributed by atoms with Crippen molar-refractivity contribution in [2.75, 3.05) is 27.2 Å². The summed E-state index contributed by atoms with van der Waals surface area (Å²) < 4.78 is 31.0. The highest BCUT2D eigenvalue weighted by Crippen LogP contribution is 2.30. The van der Waals surface area contributed by atoms with E-state index in [0.717, 1.165) is 0 Å². The van der Waals surface area contributed by atoms with Crippen LogP contribution in [-0.2, 0) is 26.0 Å². The second-order valence-corrected chi connectivity index (χ2v) is 11.4. The smallest absolute Gasteiger partial charge is 0.413 e. The number of nitrogens with zero attached hydrogens (tertiary/aromatic N) is 3. The molecule has 13 heteroatoms. The maximum atomic E-state index is 12.6. The number of H-pyrrole nitrogens is 1. The standard InChI is InChI=1S/C20H24N6O5S2/c1-20(2,3)31-19(28)23-18-21-12(11-32-18)9-16(27)22-17-14-10-13(5-6-15(14)24-25-17)26-7-4-8-33(26,29)30/h5-6,10-11H,4,7-9H2,1-3H3,(H,21,23,28)(H2,22,24,25,27). The van der Waals surface area contributed by atoms with Crippen molar-refractivity contribution in [3.05, 3.63) is 29.3 Å². The summed E-state index contributed by atoms with van der Waals surface area (Å²) in [6.45, 7) is 5.71. The molecule has 1 aliphatic heterocycles. The van der Waals surface area contributed by atoms with Gasteiger partial charge in [0.2, 0.25) is 15.9 Å². The van der Waals surface area contributed by atoms with Gasteiger partial charge in [-0.05, 0) is 45.4 Å². The molecule has 0 radical (unpaired) electrons. The number of anilines is 3. The topological polar surface area (TPSA) is 146 Å². The van der Waals surface area contributed by atoms with Crippen LogP contribution in [-0.4, -0.2) is 53.5 Å². The Bertz CT molecular complexity index is 1310. The number of aromatic amines is 1. The minimum Gasteiger partial charge on any atom is -0.444 e. The van der Waals surface area contributed by atoms with Gasteiger partial charge in [-0.3, -0.25) is 19.5 Å². The molecule has 3 N–H and O–H groups in total. The lowest BCUT2D eigenvalue weighted by molar-refractivity contribution is -0.115. The molecule has 3 aromatic rings. The second-order valence-electron chi connectivity index (χ2n) is 8.54. The summed E-state index contributed by atoms with van der Waals surface area (Å²) in [4.78, 5) is 28.7. The van der Waals surface area contributed by atoms with Crippen LogP contribution >= 0.6 is 11.3 Å². The molecule has 1 saturated heterocycles. The number of fused-ring (bicyclic) bond motifs is 1. The van der Waals surface area contributed by atoms with Crippen molar-refractivity contribution in [3.8, 4) is 0 Å². The van der Waals surface area contributed by atoms with Gasteiger partial charge >= 0.3 is 6.09 Å². The highest BCUT2D eigenvalue weighted by atomic mass is 32.2. The van der Waals surface area contributed by atoms with E-state index >= 15 is 0 Å². The molecule has 3 heterocycles. The van der Waals surface area contributed by atoms with Gasteiger partial charge in [0, 0.05) is 17.3 Å². The van der Waals surface area contributed by atoms with E-state index in [4.69, 9.17) is 4.74 Å². The first-order valence-corrected chi connectivity index (χ1v) is 12.7. The number of carbonyl (C=O) groups is 2. The lowest BCUT2D eigenvalue weighted by Crippen LogP contribution is -2.27. The number of hydrogen-bond donors (Lipinski definition) is 3. The number of nitrogens with one attached hydrogen (secondary N) is 3. The Morgan fingerprint density at radius 1 is 1.27 bits per heavy atom. The van der Waals surface area contributed by atoms with E-state index < -0.39 is 21.7 Å². The third-order valence-corrected chi connectivity index (χ3v) is 7.37. The molecule has 1 aromatic carbocycles. The summed E-state index contributed by atoms with van der Waals surface area (Å²) in [6, 6.07) is 5.14. The van der Waals surface area contributed by atoms with Crippen LogP contribution in [0.4, 0.5) is 21.4 Å². The maximum Gasteiger partial charge on any atom is 0.413 e. The zero-order valence-corrected chi connectivity index (χ0v) is 20.0. The molecule has 0 saturated carbocycles. The number of rotatable bonds is 5. The zero-order valence-electron chi connectivity index (χ0n) is 18.3. The molecule has 2 amide bonds. The Hall–Kier alpha value is -3.19. The fourth-order valence-corrected chi connectivity index (χ4v) is 5.61. The third-order valence-electron chi connectivity index (χ3n) is 4.69. The Labute approximate surface area is 194 Å². The monoisotopic (exact) mass is 492 g/mol. The number of thiazole rings is 1. The third kappa shape index (κ3) is 5.42. The number of aromatic nitrogens is 3. The van der Waals surface area contributed by atoms with Crippen molar-refractivity contribution < 1.29 is 22.7 Å². The first kappa shape index (κ1) is 23.0.